The quantitative estimate of drug-likeness (QED) is 0.747. The van der Waals surface area contributed by atoms with Crippen LogP contribution >= 0.6 is 11.6 Å². The molecule has 1 aromatic carbocycles. The van der Waals surface area contributed by atoms with E-state index in [2.05, 4.69) is 15.3 Å². The number of aromatic amines is 1. The van der Waals surface area contributed by atoms with Gasteiger partial charge in [0.05, 0.1) is 12.1 Å². The number of hydrogen-bond acceptors (Lipinski definition) is 3. The number of imidazole rings is 1. The van der Waals surface area contributed by atoms with Crippen LogP contribution in [-0.4, -0.2) is 27.6 Å². The molecule has 24 heavy (non-hydrogen) atoms. The molecule has 6 nitrogen and oxygen atoms in total. The average molecular weight is 345 g/mol. The second-order valence-corrected chi connectivity index (χ2v) is 5.71. The minimum atomic E-state index is -0.462. The molecule has 0 aliphatic carbocycles. The predicted molar refractivity (Wildman–Crippen MR) is 91.3 cm³/mol. The Kier molecular flexibility index (Phi) is 4.57. The van der Waals surface area contributed by atoms with Crippen molar-refractivity contribution >= 4 is 17.5 Å². The van der Waals surface area contributed by atoms with Gasteiger partial charge in [-0.25, -0.2) is 4.98 Å². The summed E-state index contributed by atoms with van der Waals surface area (Å²) in [5, 5.41) is 3.47. The summed E-state index contributed by atoms with van der Waals surface area (Å²) in [6, 6.07) is 8.64. The standard InChI is InChI=1S/C17H17ClN4O2/c1-22-8-7-19-16(22)15(12-5-3-4-6-14(12)24-2)21-17(23)13-9-11(18)10-20-13/h3-10,15,20H,1-2H3,(H,21,23)/t15-/m0/s1. The minimum Gasteiger partial charge on any atom is -0.496 e. The predicted octanol–water partition coefficient (Wildman–Crippen LogP) is 2.93. The second-order valence-electron chi connectivity index (χ2n) is 5.28. The van der Waals surface area contributed by atoms with E-state index in [1.165, 1.54) is 0 Å². The molecule has 0 spiro atoms. The Bertz CT molecular complexity index is 856. The Morgan fingerprint density at radius 1 is 1.42 bits per heavy atom. The molecular weight excluding hydrogens is 328 g/mol. The molecule has 0 aliphatic rings. The van der Waals surface area contributed by atoms with Crippen molar-refractivity contribution in [2.24, 2.45) is 7.05 Å². The number of hydrogen-bond donors (Lipinski definition) is 2. The lowest BCUT2D eigenvalue weighted by atomic mass is 10.0. The van der Waals surface area contributed by atoms with Gasteiger partial charge < -0.3 is 19.6 Å². The van der Waals surface area contributed by atoms with Crippen LogP contribution in [0.15, 0.2) is 48.9 Å². The van der Waals surface area contributed by atoms with Crippen LogP contribution in [0.2, 0.25) is 5.02 Å². The van der Waals surface area contributed by atoms with Crippen LogP contribution in [0, 0.1) is 0 Å². The van der Waals surface area contributed by atoms with Gasteiger partial charge >= 0.3 is 0 Å². The lowest BCUT2D eigenvalue weighted by Gasteiger charge is -2.21. The zero-order valence-electron chi connectivity index (χ0n) is 13.3. The molecule has 0 saturated heterocycles. The van der Waals surface area contributed by atoms with Crippen LogP contribution in [0.1, 0.15) is 27.9 Å². The Balaban J connectivity index is 2.00. The van der Waals surface area contributed by atoms with Crippen molar-refractivity contribution in [2.45, 2.75) is 6.04 Å². The topological polar surface area (TPSA) is 71.9 Å². The lowest BCUT2D eigenvalue weighted by Crippen LogP contribution is -2.31. The van der Waals surface area contributed by atoms with Gasteiger partial charge in [0.2, 0.25) is 0 Å². The average Bonchev–Trinajstić information content (AvgIpc) is 3.21. The van der Waals surface area contributed by atoms with Gasteiger partial charge in [-0.1, -0.05) is 29.8 Å². The number of nitrogens with zero attached hydrogens (tertiary/aromatic N) is 2. The summed E-state index contributed by atoms with van der Waals surface area (Å²) in [6.07, 6.45) is 5.08. The fourth-order valence-electron chi connectivity index (χ4n) is 2.55. The SMILES string of the molecule is COc1ccccc1[C@H](NC(=O)c1cc(Cl)c[nH]1)c1nccn1C. The molecule has 0 bridgehead atoms. The maximum atomic E-state index is 12.6. The number of halogens is 1. The zero-order chi connectivity index (χ0) is 17.1. The number of aromatic nitrogens is 3. The van der Waals surface area contributed by atoms with Gasteiger partial charge in [0.1, 0.15) is 23.3 Å². The van der Waals surface area contributed by atoms with Gasteiger partial charge in [0, 0.05) is 31.2 Å². The van der Waals surface area contributed by atoms with Crippen molar-refractivity contribution in [3.63, 3.8) is 0 Å². The Morgan fingerprint density at radius 3 is 2.83 bits per heavy atom. The van der Waals surface area contributed by atoms with E-state index in [4.69, 9.17) is 16.3 Å². The molecule has 1 atom stereocenters. The molecule has 1 amide bonds. The molecule has 124 valence electrons. The van der Waals surface area contributed by atoms with Gasteiger partial charge in [-0.2, -0.15) is 0 Å². The van der Waals surface area contributed by atoms with Crippen molar-refractivity contribution in [3.05, 3.63) is 71.0 Å². The lowest BCUT2D eigenvalue weighted by molar-refractivity contribution is 0.0936. The van der Waals surface area contributed by atoms with E-state index in [9.17, 15) is 4.79 Å². The van der Waals surface area contributed by atoms with Crippen molar-refractivity contribution in [2.75, 3.05) is 7.11 Å². The molecule has 2 N–H and O–H groups in total. The first-order chi connectivity index (χ1) is 11.6. The molecule has 3 aromatic rings. The number of carbonyl (C=O) groups excluding carboxylic acids is 1. The fourth-order valence-corrected chi connectivity index (χ4v) is 2.71. The van der Waals surface area contributed by atoms with Crippen LogP contribution in [0.3, 0.4) is 0 Å². The van der Waals surface area contributed by atoms with E-state index in [-0.39, 0.29) is 5.91 Å². The maximum Gasteiger partial charge on any atom is 0.268 e. The van der Waals surface area contributed by atoms with Gasteiger partial charge in [-0.05, 0) is 12.1 Å². The first kappa shape index (κ1) is 16.1. The van der Waals surface area contributed by atoms with Gasteiger partial charge in [0.15, 0.2) is 0 Å². The number of methoxy groups -OCH3 is 1. The van der Waals surface area contributed by atoms with Crippen molar-refractivity contribution in [1.82, 2.24) is 19.9 Å². The molecule has 0 aliphatic heterocycles. The molecule has 2 aromatic heterocycles. The van der Waals surface area contributed by atoms with Crippen LogP contribution in [0.5, 0.6) is 5.75 Å². The highest BCUT2D eigenvalue weighted by molar-refractivity contribution is 6.30. The number of para-hydroxylation sites is 1. The maximum absolute atomic E-state index is 12.6. The molecular formula is C17H17ClN4O2. The number of nitrogens with one attached hydrogen (secondary N) is 2. The number of amides is 1. The van der Waals surface area contributed by atoms with Crippen LogP contribution < -0.4 is 10.1 Å². The fraction of sp³-hybridized carbons (Fsp3) is 0.176. The molecule has 7 heteroatoms. The third kappa shape index (κ3) is 3.14. The number of H-pyrrole nitrogens is 1. The summed E-state index contributed by atoms with van der Waals surface area (Å²) in [7, 11) is 3.48. The first-order valence-corrected chi connectivity index (χ1v) is 7.73. The van der Waals surface area contributed by atoms with Gasteiger partial charge in [0.25, 0.3) is 5.91 Å². The minimum absolute atomic E-state index is 0.277. The summed E-state index contributed by atoms with van der Waals surface area (Å²) >= 11 is 5.88. The van der Waals surface area contributed by atoms with E-state index in [1.807, 2.05) is 42.1 Å². The monoisotopic (exact) mass is 344 g/mol. The number of carbonyl (C=O) groups is 1. The summed E-state index contributed by atoms with van der Waals surface area (Å²) in [5.74, 6) is 1.10. The van der Waals surface area contributed by atoms with Crippen molar-refractivity contribution in [1.29, 1.82) is 0 Å². The number of ether oxygens (including phenoxy) is 1. The van der Waals surface area contributed by atoms with E-state index >= 15 is 0 Å². The number of benzene rings is 1. The number of aryl methyl sites for hydroxylation is 1. The third-order valence-electron chi connectivity index (χ3n) is 3.73. The van der Waals surface area contributed by atoms with Crippen LogP contribution in [0.25, 0.3) is 0 Å². The highest BCUT2D eigenvalue weighted by Crippen LogP contribution is 2.29. The molecule has 0 radical (unpaired) electrons. The van der Waals surface area contributed by atoms with Crippen LogP contribution in [0.4, 0.5) is 0 Å². The second kappa shape index (κ2) is 6.80. The Labute approximate surface area is 144 Å². The molecule has 0 unspecified atom stereocenters. The summed E-state index contributed by atoms with van der Waals surface area (Å²) in [5.41, 5.74) is 1.20. The van der Waals surface area contributed by atoms with E-state index in [0.717, 1.165) is 5.56 Å². The van der Waals surface area contributed by atoms with E-state index in [1.54, 1.807) is 25.6 Å². The smallest absolute Gasteiger partial charge is 0.268 e. The molecule has 0 fully saturated rings. The molecule has 3 rings (SSSR count). The van der Waals surface area contributed by atoms with Crippen molar-refractivity contribution in [3.8, 4) is 5.75 Å². The first-order valence-electron chi connectivity index (χ1n) is 7.35. The van der Waals surface area contributed by atoms with Crippen molar-refractivity contribution < 1.29 is 9.53 Å². The highest BCUT2D eigenvalue weighted by Gasteiger charge is 2.24. The zero-order valence-corrected chi connectivity index (χ0v) is 14.0. The highest BCUT2D eigenvalue weighted by atomic mass is 35.5. The molecule has 2 heterocycles. The number of rotatable bonds is 5. The summed E-state index contributed by atoms with van der Waals surface area (Å²) < 4.78 is 7.30. The summed E-state index contributed by atoms with van der Waals surface area (Å²) in [4.78, 5) is 19.8. The van der Waals surface area contributed by atoms with Gasteiger partial charge in [-0.15, -0.1) is 0 Å². The van der Waals surface area contributed by atoms with E-state index in [0.29, 0.717) is 22.3 Å². The Morgan fingerprint density at radius 2 is 2.21 bits per heavy atom. The van der Waals surface area contributed by atoms with Gasteiger partial charge in [-0.3, -0.25) is 4.79 Å². The largest absolute Gasteiger partial charge is 0.496 e. The normalized spacial score (nSPS) is 12.0. The molecule has 0 saturated carbocycles. The van der Waals surface area contributed by atoms with E-state index < -0.39 is 6.04 Å². The van der Waals surface area contributed by atoms with Crippen LogP contribution in [-0.2, 0) is 7.05 Å². The third-order valence-corrected chi connectivity index (χ3v) is 3.95. The Hall–Kier alpha value is -2.73. The summed E-state index contributed by atoms with van der Waals surface area (Å²) in [6.45, 7) is 0.